The third-order valence-electron chi connectivity index (χ3n) is 2.07. The second-order valence-corrected chi connectivity index (χ2v) is 4.67. The fourth-order valence-corrected chi connectivity index (χ4v) is 1.05. The van der Waals surface area contributed by atoms with Crippen LogP contribution in [0.5, 0.6) is 0 Å². The molecule has 0 bridgehead atoms. The maximum Gasteiger partial charge on any atom is 0.312 e. The molecule has 91 valence electrons. The van der Waals surface area contributed by atoms with Crippen LogP contribution in [-0.2, 0) is 9.53 Å². The highest BCUT2D eigenvalue weighted by Crippen LogP contribution is 2.14. The molecule has 0 unspecified atom stereocenters. The van der Waals surface area contributed by atoms with Crippen molar-refractivity contribution in [2.75, 3.05) is 6.73 Å². The molecule has 0 aliphatic rings. The van der Waals surface area contributed by atoms with Crippen molar-refractivity contribution in [2.24, 2.45) is 5.41 Å². The van der Waals surface area contributed by atoms with Crippen molar-refractivity contribution in [3.05, 3.63) is 35.9 Å². The third-order valence-corrected chi connectivity index (χ3v) is 2.07. The molecule has 4 heteroatoms. The molecule has 1 aromatic rings. The molecule has 2 N–H and O–H groups in total. The Balaban J connectivity index is 2.38. The van der Waals surface area contributed by atoms with Crippen molar-refractivity contribution in [2.45, 2.75) is 20.8 Å². The van der Waals surface area contributed by atoms with Gasteiger partial charge in [0.2, 0.25) is 0 Å². The molecule has 4 nitrogen and oxygen atoms in total. The summed E-state index contributed by atoms with van der Waals surface area (Å²) in [5.41, 5.74) is 0.210. The van der Waals surface area contributed by atoms with E-state index in [1.54, 1.807) is 45.0 Å². The molecule has 17 heavy (non-hydrogen) atoms. The number of hydrogen-bond acceptors (Lipinski definition) is 3. The normalized spacial score (nSPS) is 10.8. The predicted octanol–water partition coefficient (Wildman–Crippen LogP) is 1.95. The fourth-order valence-electron chi connectivity index (χ4n) is 1.05. The highest BCUT2D eigenvalue weighted by Gasteiger charge is 2.22. The molecule has 1 rings (SSSR count). The van der Waals surface area contributed by atoms with E-state index in [1.165, 1.54) is 0 Å². The van der Waals surface area contributed by atoms with E-state index in [0.29, 0.717) is 0 Å². The molecule has 0 aliphatic heterocycles. The zero-order chi connectivity index (χ0) is 12.9. The number of nitrogens with one attached hydrogen (secondary N) is 2. The number of hydrogen-bond donors (Lipinski definition) is 2. The molecule has 0 spiro atoms. The van der Waals surface area contributed by atoms with Crippen molar-refractivity contribution in [1.29, 1.82) is 5.41 Å². The molecule has 0 atom stereocenters. The number of benzene rings is 1. The van der Waals surface area contributed by atoms with Crippen LogP contribution in [-0.4, -0.2) is 18.5 Å². The SMILES string of the molecule is CC(C)(C)C(=O)OCNC(=N)c1cc[c]cc1. The van der Waals surface area contributed by atoms with Gasteiger partial charge in [0.1, 0.15) is 5.84 Å². The lowest BCUT2D eigenvalue weighted by Crippen LogP contribution is -2.31. The van der Waals surface area contributed by atoms with E-state index in [9.17, 15) is 4.79 Å². The van der Waals surface area contributed by atoms with E-state index in [2.05, 4.69) is 11.4 Å². The van der Waals surface area contributed by atoms with Gasteiger partial charge in [0.15, 0.2) is 6.73 Å². The number of ether oxygens (including phenoxy) is 1. The predicted molar refractivity (Wildman–Crippen MR) is 65.7 cm³/mol. The van der Waals surface area contributed by atoms with Crippen LogP contribution in [0.2, 0.25) is 0 Å². The highest BCUT2D eigenvalue weighted by molar-refractivity contribution is 5.96. The zero-order valence-corrected chi connectivity index (χ0v) is 10.3. The molecular formula is C13H17N2O2. The van der Waals surface area contributed by atoms with Gasteiger partial charge in [-0.05, 0) is 26.8 Å². The standard InChI is InChI=1S/C13H17N2O2/c1-13(2,3)12(16)17-9-15-11(14)10-7-5-4-6-8-10/h5-8H,9H2,1-3H3,(H2,14,15). The first kappa shape index (κ1) is 13.2. The van der Waals surface area contributed by atoms with Gasteiger partial charge >= 0.3 is 5.97 Å². The Hall–Kier alpha value is -1.84. The van der Waals surface area contributed by atoms with E-state index in [4.69, 9.17) is 10.1 Å². The lowest BCUT2D eigenvalue weighted by atomic mass is 9.98. The summed E-state index contributed by atoms with van der Waals surface area (Å²) in [6.45, 7) is 5.36. The van der Waals surface area contributed by atoms with E-state index < -0.39 is 5.41 Å². The number of carbonyl (C=O) groups is 1. The van der Waals surface area contributed by atoms with Crippen molar-refractivity contribution in [3.63, 3.8) is 0 Å². The zero-order valence-electron chi connectivity index (χ0n) is 10.3. The molecule has 0 saturated carbocycles. The summed E-state index contributed by atoms with van der Waals surface area (Å²) in [4.78, 5) is 11.4. The first-order chi connectivity index (χ1) is 7.91. The smallest absolute Gasteiger partial charge is 0.312 e. The fraction of sp³-hybridized carbons (Fsp3) is 0.385. The summed E-state index contributed by atoms with van der Waals surface area (Å²) in [6.07, 6.45) is 0. The van der Waals surface area contributed by atoms with Crippen molar-refractivity contribution in [1.82, 2.24) is 5.32 Å². The molecule has 0 aromatic heterocycles. The van der Waals surface area contributed by atoms with Crippen molar-refractivity contribution >= 4 is 11.8 Å². The monoisotopic (exact) mass is 233 g/mol. The average Bonchev–Trinajstić information content (AvgIpc) is 2.28. The van der Waals surface area contributed by atoms with Gasteiger partial charge in [-0.1, -0.05) is 24.3 Å². The summed E-state index contributed by atoms with van der Waals surface area (Å²) < 4.78 is 5.00. The molecule has 0 aliphatic carbocycles. The summed E-state index contributed by atoms with van der Waals surface area (Å²) in [7, 11) is 0. The Morgan fingerprint density at radius 2 is 2.00 bits per heavy atom. The first-order valence-corrected chi connectivity index (χ1v) is 5.37. The van der Waals surface area contributed by atoms with E-state index >= 15 is 0 Å². The second-order valence-electron chi connectivity index (χ2n) is 4.67. The minimum Gasteiger partial charge on any atom is -0.444 e. The molecular weight excluding hydrogens is 216 g/mol. The third kappa shape index (κ3) is 4.26. The van der Waals surface area contributed by atoms with Gasteiger partial charge in [0.25, 0.3) is 0 Å². The van der Waals surface area contributed by atoms with Crippen LogP contribution in [0.1, 0.15) is 26.3 Å². The average molecular weight is 233 g/mol. The Kier molecular flexibility index (Phi) is 4.26. The van der Waals surface area contributed by atoms with Crippen LogP contribution >= 0.6 is 0 Å². The molecule has 1 radical (unpaired) electrons. The van der Waals surface area contributed by atoms with E-state index in [-0.39, 0.29) is 18.5 Å². The molecule has 1 aromatic carbocycles. The Morgan fingerprint density at radius 3 is 2.53 bits per heavy atom. The maximum absolute atomic E-state index is 11.4. The lowest BCUT2D eigenvalue weighted by Gasteiger charge is -2.17. The van der Waals surface area contributed by atoms with Crippen LogP contribution in [0.15, 0.2) is 24.3 Å². The summed E-state index contributed by atoms with van der Waals surface area (Å²) in [5, 5.41) is 10.4. The van der Waals surface area contributed by atoms with E-state index in [1.807, 2.05) is 0 Å². The topological polar surface area (TPSA) is 62.2 Å². The van der Waals surface area contributed by atoms with Crippen LogP contribution in [0.3, 0.4) is 0 Å². The highest BCUT2D eigenvalue weighted by atomic mass is 16.5. The molecule has 0 amide bonds. The first-order valence-electron chi connectivity index (χ1n) is 5.37. The quantitative estimate of drug-likeness (QED) is 0.363. The minimum atomic E-state index is -0.522. The van der Waals surface area contributed by atoms with Gasteiger partial charge in [0, 0.05) is 5.56 Å². The Bertz CT molecular complexity index is 394. The van der Waals surface area contributed by atoms with Gasteiger partial charge in [-0.15, -0.1) is 0 Å². The van der Waals surface area contributed by atoms with E-state index in [0.717, 1.165) is 5.56 Å². The minimum absolute atomic E-state index is 0.00749. The van der Waals surface area contributed by atoms with Crippen LogP contribution in [0.4, 0.5) is 0 Å². The van der Waals surface area contributed by atoms with Gasteiger partial charge < -0.3 is 10.1 Å². The van der Waals surface area contributed by atoms with Gasteiger partial charge in [-0.3, -0.25) is 10.2 Å². The summed E-state index contributed by atoms with van der Waals surface area (Å²) in [5.74, 6) is -0.0695. The lowest BCUT2D eigenvalue weighted by molar-refractivity contribution is -0.153. The van der Waals surface area contributed by atoms with Crippen LogP contribution in [0, 0.1) is 16.9 Å². The largest absolute Gasteiger partial charge is 0.444 e. The van der Waals surface area contributed by atoms with Crippen LogP contribution in [0.25, 0.3) is 0 Å². The Morgan fingerprint density at radius 1 is 1.41 bits per heavy atom. The second kappa shape index (κ2) is 5.48. The summed E-state index contributed by atoms with van der Waals surface area (Å²) in [6, 6.07) is 9.86. The number of esters is 1. The Labute approximate surface area is 101 Å². The van der Waals surface area contributed by atoms with Crippen molar-refractivity contribution < 1.29 is 9.53 Å². The summed E-state index contributed by atoms with van der Waals surface area (Å²) >= 11 is 0. The molecule has 0 fully saturated rings. The molecule has 0 saturated heterocycles. The number of carbonyl (C=O) groups excluding carboxylic acids is 1. The maximum atomic E-state index is 11.4. The van der Waals surface area contributed by atoms with Gasteiger partial charge in [-0.25, -0.2) is 0 Å². The van der Waals surface area contributed by atoms with Gasteiger partial charge in [-0.2, -0.15) is 0 Å². The number of rotatable bonds is 3. The van der Waals surface area contributed by atoms with Crippen molar-refractivity contribution in [3.8, 4) is 0 Å². The van der Waals surface area contributed by atoms with Crippen LogP contribution < -0.4 is 5.32 Å². The molecule has 0 heterocycles. The van der Waals surface area contributed by atoms with Gasteiger partial charge in [0.05, 0.1) is 5.41 Å². The number of amidine groups is 1.